The molecule has 1 aliphatic rings. The van der Waals surface area contributed by atoms with E-state index in [0.29, 0.717) is 12.0 Å². The number of nitrogens with zero attached hydrogens (tertiary/aromatic N) is 2. The number of hydrogen-bond donors (Lipinski definition) is 1. The third kappa shape index (κ3) is 2.90. The Bertz CT molecular complexity index is 753. The summed E-state index contributed by atoms with van der Waals surface area (Å²) in [5.74, 6) is 0.796. The molecule has 1 aliphatic heterocycles. The van der Waals surface area contributed by atoms with Crippen LogP contribution in [0.2, 0.25) is 0 Å². The number of benzene rings is 2. The van der Waals surface area contributed by atoms with Crippen molar-refractivity contribution in [1.29, 1.82) is 0 Å². The van der Waals surface area contributed by atoms with Crippen molar-refractivity contribution in [3.63, 3.8) is 0 Å². The van der Waals surface area contributed by atoms with E-state index in [9.17, 15) is 9.90 Å². The van der Waals surface area contributed by atoms with Crippen molar-refractivity contribution in [2.75, 3.05) is 7.11 Å². The lowest BCUT2D eigenvalue weighted by atomic mass is 9.97. The van der Waals surface area contributed by atoms with Crippen molar-refractivity contribution in [1.82, 2.24) is 5.01 Å². The van der Waals surface area contributed by atoms with Gasteiger partial charge in [0, 0.05) is 18.9 Å². The van der Waals surface area contributed by atoms with Crippen molar-refractivity contribution in [2.24, 2.45) is 5.10 Å². The molecule has 1 atom stereocenters. The summed E-state index contributed by atoms with van der Waals surface area (Å²) in [6, 6.07) is 14.3. The lowest BCUT2D eigenvalue weighted by Gasteiger charge is -2.21. The standard InChI is InChI=1S/C18H18N2O3/c1-12(21)20-17(15-5-3-4-6-18(15)22)11-16(19-20)13-7-9-14(23-2)10-8-13/h3-10,17,22H,11H2,1-2H3/t17-/m1/s1. The van der Waals surface area contributed by atoms with Crippen LogP contribution in [0.4, 0.5) is 0 Å². The number of methoxy groups -OCH3 is 1. The van der Waals surface area contributed by atoms with Gasteiger partial charge in [-0.2, -0.15) is 5.10 Å². The normalized spacial score (nSPS) is 17.0. The molecule has 118 valence electrons. The molecule has 1 heterocycles. The fourth-order valence-electron chi connectivity index (χ4n) is 2.77. The predicted molar refractivity (Wildman–Crippen MR) is 87.5 cm³/mol. The Kier molecular flexibility index (Phi) is 4.02. The molecule has 5 nitrogen and oxygen atoms in total. The zero-order valence-corrected chi connectivity index (χ0v) is 13.1. The highest BCUT2D eigenvalue weighted by Gasteiger charge is 2.32. The molecule has 0 aromatic heterocycles. The first-order valence-electron chi connectivity index (χ1n) is 7.39. The SMILES string of the molecule is COc1ccc(C2=NN(C(C)=O)[C@@H](c3ccccc3O)C2)cc1. The largest absolute Gasteiger partial charge is 0.508 e. The molecule has 23 heavy (non-hydrogen) atoms. The topological polar surface area (TPSA) is 62.1 Å². The highest BCUT2D eigenvalue weighted by molar-refractivity contribution is 6.03. The van der Waals surface area contributed by atoms with E-state index in [4.69, 9.17) is 4.74 Å². The predicted octanol–water partition coefficient (Wildman–Crippen LogP) is 3.10. The van der Waals surface area contributed by atoms with E-state index in [1.807, 2.05) is 36.4 Å². The van der Waals surface area contributed by atoms with Gasteiger partial charge in [0.25, 0.3) is 0 Å². The smallest absolute Gasteiger partial charge is 0.240 e. The summed E-state index contributed by atoms with van der Waals surface area (Å²) in [4.78, 5) is 11.9. The number of phenols is 1. The minimum Gasteiger partial charge on any atom is -0.508 e. The Balaban J connectivity index is 1.93. The quantitative estimate of drug-likeness (QED) is 0.947. The van der Waals surface area contributed by atoms with Crippen molar-refractivity contribution in [3.8, 4) is 11.5 Å². The molecular weight excluding hydrogens is 292 g/mol. The fourth-order valence-corrected chi connectivity index (χ4v) is 2.77. The highest BCUT2D eigenvalue weighted by atomic mass is 16.5. The van der Waals surface area contributed by atoms with Crippen LogP contribution in [-0.4, -0.2) is 28.8 Å². The van der Waals surface area contributed by atoms with Crippen LogP contribution in [0, 0.1) is 0 Å². The first-order valence-corrected chi connectivity index (χ1v) is 7.39. The third-order valence-corrected chi connectivity index (χ3v) is 3.95. The van der Waals surface area contributed by atoms with E-state index in [2.05, 4.69) is 5.10 Å². The summed E-state index contributed by atoms with van der Waals surface area (Å²) >= 11 is 0. The number of phenolic OH excluding ortho intramolecular Hbond substituents is 1. The van der Waals surface area contributed by atoms with Crippen LogP contribution >= 0.6 is 0 Å². The van der Waals surface area contributed by atoms with E-state index in [1.165, 1.54) is 11.9 Å². The number of hydrazone groups is 1. The van der Waals surface area contributed by atoms with Gasteiger partial charge in [0.2, 0.25) is 5.91 Å². The number of para-hydroxylation sites is 1. The lowest BCUT2D eigenvalue weighted by molar-refractivity contribution is -0.130. The molecule has 2 aromatic rings. The van der Waals surface area contributed by atoms with E-state index in [-0.39, 0.29) is 17.7 Å². The molecule has 0 spiro atoms. The van der Waals surface area contributed by atoms with Gasteiger partial charge in [0.05, 0.1) is 18.9 Å². The summed E-state index contributed by atoms with van der Waals surface area (Å²) in [6.07, 6.45) is 0.559. The number of aromatic hydroxyl groups is 1. The van der Waals surface area contributed by atoms with Crippen LogP contribution in [-0.2, 0) is 4.79 Å². The van der Waals surface area contributed by atoms with Crippen LogP contribution in [0.25, 0.3) is 0 Å². The van der Waals surface area contributed by atoms with Crippen LogP contribution in [0.1, 0.15) is 30.5 Å². The number of amides is 1. The summed E-state index contributed by atoms with van der Waals surface area (Å²) in [7, 11) is 1.62. The monoisotopic (exact) mass is 310 g/mol. The molecule has 1 N–H and O–H groups in total. The number of carbonyl (C=O) groups excluding carboxylic acids is 1. The van der Waals surface area contributed by atoms with Crippen LogP contribution < -0.4 is 4.74 Å². The van der Waals surface area contributed by atoms with Gasteiger partial charge < -0.3 is 9.84 Å². The Morgan fingerprint density at radius 3 is 2.52 bits per heavy atom. The summed E-state index contributed by atoms with van der Waals surface area (Å²) in [5, 5.41) is 16.0. The first-order chi connectivity index (χ1) is 11.1. The number of hydrogen-bond acceptors (Lipinski definition) is 4. The van der Waals surface area contributed by atoms with Gasteiger partial charge in [-0.25, -0.2) is 5.01 Å². The van der Waals surface area contributed by atoms with E-state index >= 15 is 0 Å². The van der Waals surface area contributed by atoms with Gasteiger partial charge in [-0.15, -0.1) is 0 Å². The maximum absolute atomic E-state index is 11.9. The van der Waals surface area contributed by atoms with Crippen LogP contribution in [0.3, 0.4) is 0 Å². The molecule has 3 rings (SSSR count). The van der Waals surface area contributed by atoms with Gasteiger partial charge in [-0.05, 0) is 35.9 Å². The maximum Gasteiger partial charge on any atom is 0.240 e. The zero-order chi connectivity index (χ0) is 16.4. The summed E-state index contributed by atoms with van der Waals surface area (Å²) in [6.45, 7) is 1.48. The molecule has 0 saturated heterocycles. The second kappa shape index (κ2) is 6.12. The molecule has 0 fully saturated rings. The summed E-state index contributed by atoms with van der Waals surface area (Å²) in [5.41, 5.74) is 2.46. The second-order valence-corrected chi connectivity index (χ2v) is 5.42. The molecule has 5 heteroatoms. The maximum atomic E-state index is 11.9. The minimum absolute atomic E-state index is 0.151. The van der Waals surface area contributed by atoms with Gasteiger partial charge in [-0.1, -0.05) is 18.2 Å². The van der Waals surface area contributed by atoms with Crippen molar-refractivity contribution >= 4 is 11.6 Å². The average Bonchev–Trinajstić information content (AvgIpc) is 3.01. The van der Waals surface area contributed by atoms with Gasteiger partial charge in [-0.3, -0.25) is 4.79 Å². The Morgan fingerprint density at radius 1 is 1.22 bits per heavy atom. The summed E-state index contributed by atoms with van der Waals surface area (Å²) < 4.78 is 5.16. The molecular formula is C18H18N2O3. The second-order valence-electron chi connectivity index (χ2n) is 5.42. The Labute approximate surface area is 134 Å². The number of rotatable bonds is 3. The van der Waals surface area contributed by atoms with Crippen LogP contribution in [0.15, 0.2) is 53.6 Å². The molecule has 1 amide bonds. The first kappa shape index (κ1) is 15.1. The van der Waals surface area contributed by atoms with E-state index in [0.717, 1.165) is 17.0 Å². The highest BCUT2D eigenvalue weighted by Crippen LogP contribution is 2.36. The third-order valence-electron chi connectivity index (χ3n) is 3.95. The van der Waals surface area contributed by atoms with Crippen molar-refractivity contribution in [2.45, 2.75) is 19.4 Å². The van der Waals surface area contributed by atoms with Crippen molar-refractivity contribution < 1.29 is 14.6 Å². The van der Waals surface area contributed by atoms with Crippen LogP contribution in [0.5, 0.6) is 11.5 Å². The molecule has 0 bridgehead atoms. The average molecular weight is 310 g/mol. The molecule has 2 aromatic carbocycles. The molecule has 0 saturated carbocycles. The number of carbonyl (C=O) groups is 1. The zero-order valence-electron chi connectivity index (χ0n) is 13.1. The van der Waals surface area contributed by atoms with Crippen molar-refractivity contribution in [3.05, 3.63) is 59.7 Å². The number of ether oxygens (including phenoxy) is 1. The fraction of sp³-hybridized carbons (Fsp3) is 0.222. The van der Waals surface area contributed by atoms with E-state index < -0.39 is 0 Å². The van der Waals surface area contributed by atoms with Gasteiger partial charge in [0.1, 0.15) is 11.5 Å². The minimum atomic E-state index is -0.286. The van der Waals surface area contributed by atoms with Gasteiger partial charge in [0.15, 0.2) is 0 Å². The molecule has 0 aliphatic carbocycles. The Morgan fingerprint density at radius 2 is 1.91 bits per heavy atom. The van der Waals surface area contributed by atoms with E-state index in [1.54, 1.807) is 19.2 Å². The van der Waals surface area contributed by atoms with Gasteiger partial charge >= 0.3 is 0 Å². The molecule has 0 unspecified atom stereocenters. The Hall–Kier alpha value is -2.82. The lowest BCUT2D eigenvalue weighted by Crippen LogP contribution is -2.24. The molecule has 0 radical (unpaired) electrons.